The SMILES string of the molecule is COc1cc(C(=O)NC[C@H]2CCCO2)ccc1OCc1ccccc1. The van der Waals surface area contributed by atoms with Gasteiger partial charge in [-0.3, -0.25) is 4.79 Å². The van der Waals surface area contributed by atoms with E-state index in [1.165, 1.54) is 0 Å². The summed E-state index contributed by atoms with van der Waals surface area (Å²) in [5, 5.41) is 2.91. The van der Waals surface area contributed by atoms with Crippen molar-refractivity contribution < 1.29 is 19.0 Å². The molecular formula is C20H23NO4. The van der Waals surface area contributed by atoms with Crippen LogP contribution < -0.4 is 14.8 Å². The third-order valence-electron chi connectivity index (χ3n) is 4.18. The van der Waals surface area contributed by atoms with E-state index < -0.39 is 0 Å². The van der Waals surface area contributed by atoms with E-state index in [0.717, 1.165) is 25.0 Å². The van der Waals surface area contributed by atoms with Gasteiger partial charge in [-0.05, 0) is 36.6 Å². The van der Waals surface area contributed by atoms with Gasteiger partial charge in [0.2, 0.25) is 0 Å². The Hall–Kier alpha value is -2.53. The van der Waals surface area contributed by atoms with E-state index in [2.05, 4.69) is 5.32 Å². The van der Waals surface area contributed by atoms with E-state index in [1.54, 1.807) is 25.3 Å². The fourth-order valence-electron chi connectivity index (χ4n) is 2.78. The zero-order chi connectivity index (χ0) is 17.5. The van der Waals surface area contributed by atoms with E-state index in [0.29, 0.717) is 30.2 Å². The number of ether oxygens (including phenoxy) is 3. The minimum absolute atomic E-state index is 0.124. The van der Waals surface area contributed by atoms with Gasteiger partial charge in [-0.1, -0.05) is 30.3 Å². The van der Waals surface area contributed by atoms with Crippen molar-refractivity contribution in [2.45, 2.75) is 25.6 Å². The summed E-state index contributed by atoms with van der Waals surface area (Å²) in [5.74, 6) is 1.02. The second-order valence-corrected chi connectivity index (χ2v) is 5.98. The van der Waals surface area contributed by atoms with Crippen molar-refractivity contribution >= 4 is 5.91 Å². The maximum absolute atomic E-state index is 12.3. The van der Waals surface area contributed by atoms with Crippen LogP contribution in [0.4, 0.5) is 0 Å². The highest BCUT2D eigenvalue weighted by Gasteiger charge is 2.17. The van der Waals surface area contributed by atoms with Crippen molar-refractivity contribution in [2.24, 2.45) is 0 Å². The number of nitrogens with one attached hydrogen (secondary N) is 1. The first-order valence-corrected chi connectivity index (χ1v) is 8.51. The Bertz CT molecular complexity index is 696. The summed E-state index contributed by atoms with van der Waals surface area (Å²) in [6, 6.07) is 15.1. The molecule has 0 aliphatic carbocycles. The molecule has 1 fully saturated rings. The van der Waals surface area contributed by atoms with Crippen LogP contribution in [-0.2, 0) is 11.3 Å². The quantitative estimate of drug-likeness (QED) is 0.840. The third-order valence-corrected chi connectivity index (χ3v) is 4.18. The molecule has 5 nitrogen and oxygen atoms in total. The molecular weight excluding hydrogens is 318 g/mol. The van der Waals surface area contributed by atoms with Crippen molar-refractivity contribution in [1.82, 2.24) is 5.32 Å². The molecule has 1 saturated heterocycles. The van der Waals surface area contributed by atoms with E-state index in [1.807, 2.05) is 30.3 Å². The summed E-state index contributed by atoms with van der Waals surface area (Å²) < 4.78 is 16.7. The highest BCUT2D eigenvalue weighted by atomic mass is 16.5. The summed E-state index contributed by atoms with van der Waals surface area (Å²) in [7, 11) is 1.57. The molecule has 1 N–H and O–H groups in total. The van der Waals surface area contributed by atoms with E-state index in [4.69, 9.17) is 14.2 Å². The average molecular weight is 341 g/mol. The molecule has 0 bridgehead atoms. The van der Waals surface area contributed by atoms with Crippen LogP contribution in [0.25, 0.3) is 0 Å². The first-order valence-electron chi connectivity index (χ1n) is 8.51. The average Bonchev–Trinajstić information content (AvgIpc) is 3.18. The normalized spacial score (nSPS) is 16.4. The van der Waals surface area contributed by atoms with Crippen molar-refractivity contribution in [3.8, 4) is 11.5 Å². The predicted octanol–water partition coefficient (Wildman–Crippen LogP) is 3.18. The van der Waals surface area contributed by atoms with Gasteiger partial charge in [-0.15, -0.1) is 0 Å². The molecule has 132 valence electrons. The first-order chi connectivity index (χ1) is 12.3. The molecule has 3 rings (SSSR count). The lowest BCUT2D eigenvalue weighted by Crippen LogP contribution is -2.31. The molecule has 2 aromatic carbocycles. The molecule has 0 saturated carbocycles. The van der Waals surface area contributed by atoms with Gasteiger partial charge in [0, 0.05) is 18.7 Å². The highest BCUT2D eigenvalue weighted by molar-refractivity contribution is 5.94. The van der Waals surface area contributed by atoms with Crippen LogP contribution >= 0.6 is 0 Å². The number of amides is 1. The first kappa shape index (κ1) is 17.3. The summed E-state index contributed by atoms with van der Waals surface area (Å²) >= 11 is 0. The lowest BCUT2D eigenvalue weighted by atomic mass is 10.1. The molecule has 25 heavy (non-hydrogen) atoms. The molecule has 1 aliphatic heterocycles. The largest absolute Gasteiger partial charge is 0.493 e. The molecule has 0 radical (unpaired) electrons. The van der Waals surface area contributed by atoms with Crippen LogP contribution in [0.3, 0.4) is 0 Å². The van der Waals surface area contributed by atoms with Gasteiger partial charge in [-0.2, -0.15) is 0 Å². The standard InChI is InChI=1S/C20H23NO4/c1-23-19-12-16(20(22)21-13-17-8-5-11-24-17)9-10-18(19)25-14-15-6-3-2-4-7-15/h2-4,6-7,9-10,12,17H,5,8,11,13-14H2,1H3,(H,21,22)/t17-/m1/s1. The molecule has 0 aromatic heterocycles. The molecule has 0 spiro atoms. The Labute approximate surface area is 147 Å². The summed E-state index contributed by atoms with van der Waals surface area (Å²) in [6.45, 7) is 1.76. The lowest BCUT2D eigenvalue weighted by Gasteiger charge is -2.14. The monoisotopic (exact) mass is 341 g/mol. The fraction of sp³-hybridized carbons (Fsp3) is 0.350. The van der Waals surface area contributed by atoms with Gasteiger partial charge >= 0.3 is 0 Å². The molecule has 2 aromatic rings. The van der Waals surface area contributed by atoms with Crippen LogP contribution in [0.15, 0.2) is 48.5 Å². The van der Waals surface area contributed by atoms with Crippen LogP contribution in [-0.4, -0.2) is 32.3 Å². The van der Waals surface area contributed by atoms with Crippen molar-refractivity contribution in [3.63, 3.8) is 0 Å². The van der Waals surface area contributed by atoms with Crippen molar-refractivity contribution in [3.05, 3.63) is 59.7 Å². The Morgan fingerprint density at radius 3 is 2.76 bits per heavy atom. The molecule has 1 heterocycles. The highest BCUT2D eigenvalue weighted by Crippen LogP contribution is 2.29. The second-order valence-electron chi connectivity index (χ2n) is 5.98. The molecule has 1 atom stereocenters. The van der Waals surface area contributed by atoms with Crippen LogP contribution in [0.2, 0.25) is 0 Å². The number of carbonyl (C=O) groups is 1. The van der Waals surface area contributed by atoms with Gasteiger partial charge in [0.15, 0.2) is 11.5 Å². The molecule has 5 heteroatoms. The van der Waals surface area contributed by atoms with Crippen LogP contribution in [0.1, 0.15) is 28.8 Å². The number of hydrogen-bond acceptors (Lipinski definition) is 4. The lowest BCUT2D eigenvalue weighted by molar-refractivity contribution is 0.0857. The van der Waals surface area contributed by atoms with Crippen LogP contribution in [0, 0.1) is 0 Å². The number of carbonyl (C=O) groups excluding carboxylic acids is 1. The Morgan fingerprint density at radius 2 is 2.04 bits per heavy atom. The van der Waals surface area contributed by atoms with E-state index in [9.17, 15) is 4.79 Å². The van der Waals surface area contributed by atoms with Gasteiger partial charge in [0.05, 0.1) is 13.2 Å². The minimum Gasteiger partial charge on any atom is -0.493 e. The fourth-order valence-corrected chi connectivity index (χ4v) is 2.78. The topological polar surface area (TPSA) is 56.8 Å². The summed E-state index contributed by atoms with van der Waals surface area (Å²) in [4.78, 5) is 12.3. The van der Waals surface area contributed by atoms with E-state index >= 15 is 0 Å². The Morgan fingerprint density at radius 1 is 1.20 bits per heavy atom. The second kappa shape index (κ2) is 8.53. The zero-order valence-corrected chi connectivity index (χ0v) is 14.4. The summed E-state index contributed by atoms with van der Waals surface area (Å²) in [5.41, 5.74) is 1.62. The van der Waals surface area contributed by atoms with Crippen LogP contribution in [0.5, 0.6) is 11.5 Å². The predicted molar refractivity (Wildman–Crippen MR) is 95.1 cm³/mol. The number of methoxy groups -OCH3 is 1. The van der Waals surface area contributed by atoms with Gasteiger partial charge in [0.25, 0.3) is 5.91 Å². The Kier molecular flexibility index (Phi) is 5.90. The summed E-state index contributed by atoms with van der Waals surface area (Å²) in [6.07, 6.45) is 2.18. The minimum atomic E-state index is -0.136. The third kappa shape index (κ3) is 4.73. The van der Waals surface area contributed by atoms with Gasteiger partial charge in [0.1, 0.15) is 6.61 Å². The smallest absolute Gasteiger partial charge is 0.251 e. The maximum atomic E-state index is 12.3. The van der Waals surface area contributed by atoms with Gasteiger partial charge in [-0.25, -0.2) is 0 Å². The molecule has 1 amide bonds. The van der Waals surface area contributed by atoms with Gasteiger partial charge < -0.3 is 19.5 Å². The van der Waals surface area contributed by atoms with Crippen molar-refractivity contribution in [2.75, 3.05) is 20.3 Å². The van der Waals surface area contributed by atoms with E-state index in [-0.39, 0.29) is 12.0 Å². The molecule has 0 unspecified atom stereocenters. The van der Waals surface area contributed by atoms with Crippen molar-refractivity contribution in [1.29, 1.82) is 0 Å². The number of benzene rings is 2. The Balaban J connectivity index is 1.61. The number of rotatable bonds is 7. The zero-order valence-electron chi connectivity index (χ0n) is 14.4. The number of hydrogen-bond donors (Lipinski definition) is 1. The molecule has 1 aliphatic rings. The maximum Gasteiger partial charge on any atom is 0.251 e.